The second-order valence-electron chi connectivity index (χ2n) is 13.1. The molecule has 33 heavy (non-hydrogen) atoms. The molecule has 0 spiro atoms. The number of hydrogen-bond donors (Lipinski definition) is 2. The van der Waals surface area contributed by atoms with Gasteiger partial charge in [-0.3, -0.25) is 14.5 Å². The van der Waals surface area contributed by atoms with Crippen molar-refractivity contribution in [1.82, 2.24) is 4.90 Å². The summed E-state index contributed by atoms with van der Waals surface area (Å²) in [5.74, 6) is 1.18. The van der Waals surface area contributed by atoms with Crippen molar-refractivity contribution < 1.29 is 24.5 Å². The van der Waals surface area contributed by atoms with Crippen molar-refractivity contribution in [3.05, 3.63) is 0 Å². The number of hydrogen-bond acceptors (Lipinski definition) is 6. The molecule has 0 radical (unpaired) electrons. The lowest BCUT2D eigenvalue weighted by Crippen LogP contribution is -2.64. The number of Topliss-reactive ketones (excluding diaryl/α,β-unsaturated/α-hetero) is 2. The van der Waals surface area contributed by atoms with Gasteiger partial charge in [0.2, 0.25) is 0 Å². The first-order chi connectivity index (χ1) is 15.5. The highest BCUT2D eigenvalue weighted by Gasteiger charge is 2.65. The zero-order valence-corrected chi connectivity index (χ0v) is 20.9. The van der Waals surface area contributed by atoms with Gasteiger partial charge in [0.1, 0.15) is 12.4 Å². The first kappa shape index (κ1) is 23.9. The Balaban J connectivity index is 1.43. The standard InChI is InChI=1S/C27H43NO5/c1-25(2)15-28(9-10-33-25)20-12-26(3)16(11-21(20)30)5-6-17-18-7-8-19(23(32)14-29)27(18,4)13-22(31)24(17)26/h16-21,24,29-30H,5-15H2,1-4H3/t16-,17-,18-,19+,20-,21-,24+,26-,27-/m0/s1. The summed E-state index contributed by atoms with van der Waals surface area (Å²) in [5, 5.41) is 20.7. The second-order valence-corrected chi connectivity index (χ2v) is 13.1. The van der Waals surface area contributed by atoms with Crippen LogP contribution < -0.4 is 0 Å². The van der Waals surface area contributed by atoms with Crippen LogP contribution in [0.4, 0.5) is 0 Å². The van der Waals surface area contributed by atoms with E-state index >= 15 is 0 Å². The molecule has 2 N–H and O–H groups in total. The van der Waals surface area contributed by atoms with Crippen LogP contribution in [0.5, 0.6) is 0 Å². The Morgan fingerprint density at radius 2 is 1.88 bits per heavy atom. The molecular weight excluding hydrogens is 418 g/mol. The van der Waals surface area contributed by atoms with Crippen molar-refractivity contribution in [2.24, 2.45) is 40.4 Å². The third kappa shape index (κ3) is 3.66. The Morgan fingerprint density at radius 3 is 2.58 bits per heavy atom. The summed E-state index contributed by atoms with van der Waals surface area (Å²) in [7, 11) is 0. The smallest absolute Gasteiger partial charge is 0.161 e. The van der Waals surface area contributed by atoms with Gasteiger partial charge in [-0.2, -0.15) is 0 Å². The number of rotatable bonds is 3. The molecule has 0 aromatic heterocycles. The van der Waals surface area contributed by atoms with Crippen molar-refractivity contribution in [3.63, 3.8) is 0 Å². The van der Waals surface area contributed by atoms with Gasteiger partial charge in [-0.05, 0) is 81.0 Å². The molecule has 0 amide bonds. The molecule has 0 aromatic rings. The van der Waals surface area contributed by atoms with Gasteiger partial charge in [-0.1, -0.05) is 13.8 Å². The fraction of sp³-hybridized carbons (Fsp3) is 0.926. The van der Waals surface area contributed by atoms with Crippen molar-refractivity contribution in [1.29, 1.82) is 0 Å². The lowest BCUT2D eigenvalue weighted by Gasteiger charge is -2.62. The summed E-state index contributed by atoms with van der Waals surface area (Å²) < 4.78 is 5.93. The zero-order valence-electron chi connectivity index (χ0n) is 20.9. The van der Waals surface area contributed by atoms with E-state index in [1.165, 1.54) is 0 Å². The van der Waals surface area contributed by atoms with Crippen molar-refractivity contribution in [2.45, 2.75) is 90.4 Å². The third-order valence-corrected chi connectivity index (χ3v) is 10.8. The van der Waals surface area contributed by atoms with Crippen molar-refractivity contribution in [2.75, 3.05) is 26.3 Å². The van der Waals surface area contributed by atoms with Gasteiger partial charge in [-0.25, -0.2) is 0 Å². The molecular formula is C27H43NO5. The van der Waals surface area contributed by atoms with E-state index in [2.05, 4.69) is 32.6 Å². The average Bonchev–Trinajstić information content (AvgIpc) is 3.08. The van der Waals surface area contributed by atoms with E-state index in [1.807, 2.05) is 0 Å². The van der Waals surface area contributed by atoms with E-state index in [0.29, 0.717) is 36.6 Å². The van der Waals surface area contributed by atoms with Gasteiger partial charge >= 0.3 is 0 Å². The Morgan fingerprint density at radius 1 is 1.12 bits per heavy atom. The number of carbonyl (C=O) groups is 2. The quantitative estimate of drug-likeness (QED) is 0.672. The van der Waals surface area contributed by atoms with Crippen LogP contribution in [-0.4, -0.2) is 70.7 Å². The molecule has 6 heteroatoms. The molecule has 1 heterocycles. The lowest BCUT2D eigenvalue weighted by atomic mass is 9.43. The maximum Gasteiger partial charge on any atom is 0.161 e. The van der Waals surface area contributed by atoms with Crippen LogP contribution in [0.1, 0.15) is 72.6 Å². The Bertz CT molecular complexity index is 812. The monoisotopic (exact) mass is 461 g/mol. The number of aliphatic hydroxyl groups excluding tert-OH is 2. The van der Waals surface area contributed by atoms with Gasteiger partial charge in [0.25, 0.3) is 0 Å². The van der Waals surface area contributed by atoms with E-state index < -0.39 is 6.61 Å². The molecule has 1 saturated heterocycles. The molecule has 5 fully saturated rings. The van der Waals surface area contributed by atoms with E-state index in [0.717, 1.165) is 51.6 Å². The summed E-state index contributed by atoms with van der Waals surface area (Å²) in [5.41, 5.74) is -0.624. The summed E-state index contributed by atoms with van der Waals surface area (Å²) in [4.78, 5) is 28.8. The number of ketones is 2. The van der Waals surface area contributed by atoms with E-state index in [-0.39, 0.29) is 46.2 Å². The van der Waals surface area contributed by atoms with Crippen LogP contribution >= 0.6 is 0 Å². The summed E-state index contributed by atoms with van der Waals surface area (Å²) in [6.07, 6.45) is 5.65. The number of aliphatic hydroxyl groups is 2. The summed E-state index contributed by atoms with van der Waals surface area (Å²) in [6, 6.07) is 0.0709. The minimum Gasteiger partial charge on any atom is -0.391 e. The van der Waals surface area contributed by atoms with Crippen LogP contribution in [0.2, 0.25) is 0 Å². The summed E-state index contributed by atoms with van der Waals surface area (Å²) in [6.45, 7) is 10.6. The molecule has 6 nitrogen and oxygen atoms in total. The fourth-order valence-electron chi connectivity index (χ4n) is 9.44. The second kappa shape index (κ2) is 8.11. The van der Waals surface area contributed by atoms with Crippen LogP contribution in [0.15, 0.2) is 0 Å². The first-order valence-electron chi connectivity index (χ1n) is 13.2. The van der Waals surface area contributed by atoms with Crippen molar-refractivity contribution >= 4 is 11.6 Å². The molecule has 0 aromatic carbocycles. The average molecular weight is 462 g/mol. The number of fused-ring (bicyclic) bond motifs is 5. The highest BCUT2D eigenvalue weighted by molar-refractivity contribution is 5.88. The topological polar surface area (TPSA) is 87.1 Å². The molecule has 4 saturated carbocycles. The number of ether oxygens (including phenoxy) is 1. The molecule has 5 rings (SSSR count). The molecule has 1 aliphatic heterocycles. The molecule has 5 aliphatic rings. The highest BCUT2D eigenvalue weighted by Crippen LogP contribution is 2.66. The molecule has 9 atom stereocenters. The van der Waals surface area contributed by atoms with Crippen LogP contribution in [0.3, 0.4) is 0 Å². The number of morpholine rings is 1. The number of carbonyl (C=O) groups excluding carboxylic acids is 2. The van der Waals surface area contributed by atoms with Crippen LogP contribution in [0.25, 0.3) is 0 Å². The van der Waals surface area contributed by atoms with E-state index in [1.54, 1.807) is 0 Å². The van der Waals surface area contributed by atoms with Crippen LogP contribution in [0, 0.1) is 40.4 Å². The third-order valence-electron chi connectivity index (χ3n) is 10.8. The van der Waals surface area contributed by atoms with Gasteiger partial charge in [-0.15, -0.1) is 0 Å². The Hall–Kier alpha value is -0.820. The Kier molecular flexibility index (Phi) is 5.87. The minimum absolute atomic E-state index is 0.0290. The largest absolute Gasteiger partial charge is 0.391 e. The maximum atomic E-state index is 13.9. The van der Waals surface area contributed by atoms with Gasteiger partial charge < -0.3 is 14.9 Å². The molecule has 0 unspecified atom stereocenters. The first-order valence-corrected chi connectivity index (χ1v) is 13.2. The molecule has 0 bridgehead atoms. The SMILES string of the molecule is CC1(C)CN([C@H]2C[C@@]3(C)[C@@H](CC[C@H]4[C@@H]5CC[C@H](C(=O)CO)[C@@]5(C)CC(=O)[C@@H]43)C[C@@H]2O)CCO1. The van der Waals surface area contributed by atoms with Gasteiger partial charge in [0, 0.05) is 37.4 Å². The highest BCUT2D eigenvalue weighted by atomic mass is 16.5. The van der Waals surface area contributed by atoms with Crippen LogP contribution in [-0.2, 0) is 14.3 Å². The predicted octanol–water partition coefficient (Wildman–Crippen LogP) is 2.84. The predicted molar refractivity (Wildman–Crippen MR) is 124 cm³/mol. The van der Waals surface area contributed by atoms with E-state index in [4.69, 9.17) is 4.74 Å². The Labute approximate surface area is 198 Å². The molecule has 4 aliphatic carbocycles. The van der Waals surface area contributed by atoms with E-state index in [9.17, 15) is 19.8 Å². The zero-order chi connectivity index (χ0) is 23.8. The van der Waals surface area contributed by atoms with Crippen molar-refractivity contribution in [3.8, 4) is 0 Å². The van der Waals surface area contributed by atoms with Gasteiger partial charge in [0.05, 0.1) is 18.3 Å². The fourth-order valence-corrected chi connectivity index (χ4v) is 9.44. The molecule has 186 valence electrons. The normalized spacial score (nSPS) is 49.8. The summed E-state index contributed by atoms with van der Waals surface area (Å²) >= 11 is 0. The lowest BCUT2D eigenvalue weighted by molar-refractivity contribution is -0.177. The number of nitrogens with zero attached hydrogens (tertiary/aromatic N) is 1. The van der Waals surface area contributed by atoms with Gasteiger partial charge in [0.15, 0.2) is 5.78 Å². The minimum atomic E-state index is -0.412. The maximum absolute atomic E-state index is 13.9.